The molecule has 1 aliphatic carbocycles. The Morgan fingerprint density at radius 1 is 1.54 bits per heavy atom. The SMILES string of the molecule is CCOC(=O)C1=CC=C(C)CC1=O. The minimum absolute atomic E-state index is 0.154. The van der Waals surface area contributed by atoms with E-state index in [-0.39, 0.29) is 11.4 Å². The summed E-state index contributed by atoms with van der Waals surface area (Å²) in [5.74, 6) is -0.672. The van der Waals surface area contributed by atoms with Gasteiger partial charge in [0, 0.05) is 6.42 Å². The van der Waals surface area contributed by atoms with Crippen LogP contribution >= 0.6 is 0 Å². The number of esters is 1. The minimum atomic E-state index is -0.517. The van der Waals surface area contributed by atoms with Crippen molar-refractivity contribution in [1.29, 1.82) is 0 Å². The molecule has 0 aromatic rings. The van der Waals surface area contributed by atoms with Gasteiger partial charge in [0.25, 0.3) is 0 Å². The van der Waals surface area contributed by atoms with Crippen LogP contribution in [0.15, 0.2) is 23.3 Å². The van der Waals surface area contributed by atoms with Gasteiger partial charge in [-0.3, -0.25) is 4.79 Å². The second kappa shape index (κ2) is 4.03. The highest BCUT2D eigenvalue weighted by Gasteiger charge is 2.21. The molecule has 0 bridgehead atoms. The van der Waals surface area contributed by atoms with Crippen molar-refractivity contribution in [3.05, 3.63) is 23.3 Å². The third-order valence-electron chi connectivity index (χ3n) is 1.77. The number of ether oxygens (including phenoxy) is 1. The summed E-state index contributed by atoms with van der Waals surface area (Å²) in [4.78, 5) is 22.5. The summed E-state index contributed by atoms with van der Waals surface area (Å²) in [6.45, 7) is 3.87. The third kappa shape index (κ3) is 2.28. The molecule has 1 rings (SSSR count). The highest BCUT2D eigenvalue weighted by molar-refractivity contribution is 6.18. The van der Waals surface area contributed by atoms with Gasteiger partial charge in [-0.05, 0) is 19.9 Å². The Hall–Kier alpha value is -1.38. The summed E-state index contributed by atoms with van der Waals surface area (Å²) < 4.78 is 4.73. The first-order chi connectivity index (χ1) is 6.15. The molecule has 0 spiro atoms. The molecular weight excluding hydrogens is 168 g/mol. The van der Waals surface area contributed by atoms with E-state index in [1.54, 1.807) is 13.0 Å². The number of carbonyl (C=O) groups is 2. The molecule has 13 heavy (non-hydrogen) atoms. The maximum atomic E-state index is 11.3. The lowest BCUT2D eigenvalue weighted by Crippen LogP contribution is -2.17. The number of carbonyl (C=O) groups excluding carboxylic acids is 2. The molecule has 0 radical (unpaired) electrons. The third-order valence-corrected chi connectivity index (χ3v) is 1.77. The Balaban J connectivity index is 2.79. The van der Waals surface area contributed by atoms with E-state index < -0.39 is 5.97 Å². The maximum Gasteiger partial charge on any atom is 0.341 e. The van der Waals surface area contributed by atoms with Gasteiger partial charge in [-0.25, -0.2) is 4.79 Å². The van der Waals surface area contributed by atoms with E-state index >= 15 is 0 Å². The predicted molar refractivity (Wildman–Crippen MR) is 48.1 cm³/mol. The monoisotopic (exact) mass is 180 g/mol. The summed E-state index contributed by atoms with van der Waals surface area (Å²) in [5.41, 5.74) is 1.13. The van der Waals surface area contributed by atoms with Crippen LogP contribution in [0.5, 0.6) is 0 Å². The van der Waals surface area contributed by atoms with E-state index in [1.165, 1.54) is 6.08 Å². The average molecular weight is 180 g/mol. The number of Topliss-reactive ketones (excluding diaryl/α,β-unsaturated/α-hetero) is 1. The van der Waals surface area contributed by atoms with Crippen molar-refractivity contribution < 1.29 is 14.3 Å². The zero-order valence-corrected chi connectivity index (χ0v) is 7.79. The Morgan fingerprint density at radius 3 is 2.77 bits per heavy atom. The molecule has 0 saturated heterocycles. The van der Waals surface area contributed by atoms with Gasteiger partial charge >= 0.3 is 5.97 Å². The zero-order valence-electron chi connectivity index (χ0n) is 7.79. The number of hydrogen-bond acceptors (Lipinski definition) is 3. The summed E-state index contributed by atoms with van der Waals surface area (Å²) in [6.07, 6.45) is 3.62. The molecular formula is C10H12O3. The second-order valence-electron chi connectivity index (χ2n) is 2.91. The van der Waals surface area contributed by atoms with Crippen molar-refractivity contribution in [2.24, 2.45) is 0 Å². The van der Waals surface area contributed by atoms with Crippen LogP contribution in [0.4, 0.5) is 0 Å². The van der Waals surface area contributed by atoms with Crippen LogP contribution in [0.1, 0.15) is 20.3 Å². The maximum absolute atomic E-state index is 11.3. The topological polar surface area (TPSA) is 43.4 Å². The molecule has 3 heteroatoms. The first-order valence-corrected chi connectivity index (χ1v) is 4.23. The van der Waals surface area contributed by atoms with Crippen LogP contribution in [-0.4, -0.2) is 18.4 Å². The van der Waals surface area contributed by atoms with E-state index in [0.29, 0.717) is 13.0 Å². The first kappa shape index (κ1) is 9.71. The fourth-order valence-corrected chi connectivity index (χ4v) is 1.12. The van der Waals surface area contributed by atoms with Gasteiger partial charge in [-0.15, -0.1) is 0 Å². The molecule has 0 unspecified atom stereocenters. The largest absolute Gasteiger partial charge is 0.462 e. The molecule has 0 aromatic carbocycles. The van der Waals surface area contributed by atoms with Gasteiger partial charge in [0.1, 0.15) is 5.57 Å². The van der Waals surface area contributed by atoms with Gasteiger partial charge in [-0.2, -0.15) is 0 Å². The normalized spacial score (nSPS) is 16.3. The average Bonchev–Trinajstić information content (AvgIpc) is 2.04. The van der Waals surface area contributed by atoms with Gasteiger partial charge in [0.05, 0.1) is 6.61 Å². The van der Waals surface area contributed by atoms with E-state index in [0.717, 1.165) is 5.57 Å². The minimum Gasteiger partial charge on any atom is -0.462 e. The number of rotatable bonds is 2. The molecule has 0 amide bonds. The van der Waals surface area contributed by atoms with Crippen molar-refractivity contribution in [1.82, 2.24) is 0 Å². The quantitative estimate of drug-likeness (QED) is 0.476. The molecule has 0 fully saturated rings. The lowest BCUT2D eigenvalue weighted by Gasteiger charge is -2.09. The Morgan fingerprint density at radius 2 is 2.23 bits per heavy atom. The van der Waals surface area contributed by atoms with Crippen LogP contribution in [-0.2, 0) is 14.3 Å². The van der Waals surface area contributed by atoms with Crippen LogP contribution in [0.25, 0.3) is 0 Å². The lowest BCUT2D eigenvalue weighted by molar-refractivity contribution is -0.140. The molecule has 0 atom stereocenters. The Bertz CT molecular complexity index is 297. The Kier molecular flexibility index (Phi) is 3.01. The van der Waals surface area contributed by atoms with Crippen molar-refractivity contribution in [3.8, 4) is 0 Å². The zero-order chi connectivity index (χ0) is 9.84. The molecule has 0 aromatic heterocycles. The summed E-state index contributed by atoms with van der Waals surface area (Å²) in [6, 6.07) is 0. The number of hydrogen-bond donors (Lipinski definition) is 0. The highest BCUT2D eigenvalue weighted by atomic mass is 16.5. The summed E-state index contributed by atoms with van der Waals surface area (Å²) in [7, 11) is 0. The Labute approximate surface area is 77.1 Å². The van der Waals surface area contributed by atoms with Crippen LogP contribution in [0, 0.1) is 0 Å². The smallest absolute Gasteiger partial charge is 0.341 e. The van der Waals surface area contributed by atoms with Crippen molar-refractivity contribution >= 4 is 11.8 Å². The second-order valence-corrected chi connectivity index (χ2v) is 2.91. The van der Waals surface area contributed by atoms with Crippen LogP contribution in [0.3, 0.4) is 0 Å². The van der Waals surface area contributed by atoms with Gasteiger partial charge < -0.3 is 4.74 Å². The molecule has 0 saturated carbocycles. The van der Waals surface area contributed by atoms with E-state index in [2.05, 4.69) is 0 Å². The van der Waals surface area contributed by atoms with E-state index in [9.17, 15) is 9.59 Å². The standard InChI is InChI=1S/C10H12O3/c1-3-13-10(12)8-5-4-7(2)6-9(8)11/h4-5H,3,6H2,1-2H3. The summed E-state index contributed by atoms with van der Waals surface area (Å²) in [5, 5.41) is 0. The van der Waals surface area contributed by atoms with Gasteiger partial charge in [-0.1, -0.05) is 11.6 Å². The number of allylic oxidation sites excluding steroid dienone is 3. The van der Waals surface area contributed by atoms with Crippen LogP contribution < -0.4 is 0 Å². The van der Waals surface area contributed by atoms with Gasteiger partial charge in [0.15, 0.2) is 5.78 Å². The molecule has 0 heterocycles. The lowest BCUT2D eigenvalue weighted by atomic mass is 9.98. The fourth-order valence-electron chi connectivity index (χ4n) is 1.12. The van der Waals surface area contributed by atoms with E-state index in [4.69, 9.17) is 4.74 Å². The number of ketones is 1. The first-order valence-electron chi connectivity index (χ1n) is 4.23. The molecule has 70 valence electrons. The predicted octanol–water partition coefficient (Wildman–Crippen LogP) is 1.40. The van der Waals surface area contributed by atoms with E-state index in [1.807, 2.05) is 6.92 Å². The molecule has 0 N–H and O–H groups in total. The van der Waals surface area contributed by atoms with Gasteiger partial charge in [0.2, 0.25) is 0 Å². The fraction of sp³-hybridized carbons (Fsp3) is 0.400. The molecule has 0 aliphatic heterocycles. The molecule has 3 nitrogen and oxygen atoms in total. The molecule has 1 aliphatic rings. The van der Waals surface area contributed by atoms with Crippen molar-refractivity contribution in [2.75, 3.05) is 6.61 Å². The highest BCUT2D eigenvalue weighted by Crippen LogP contribution is 2.15. The van der Waals surface area contributed by atoms with Crippen LogP contribution in [0.2, 0.25) is 0 Å². The van der Waals surface area contributed by atoms with Crippen molar-refractivity contribution in [2.45, 2.75) is 20.3 Å². The van der Waals surface area contributed by atoms with Crippen molar-refractivity contribution in [3.63, 3.8) is 0 Å². The summed E-state index contributed by atoms with van der Waals surface area (Å²) >= 11 is 0.